The Morgan fingerprint density at radius 1 is 1.47 bits per heavy atom. The third kappa shape index (κ3) is 4.38. The Balaban J connectivity index is 2.35. The van der Waals surface area contributed by atoms with Gasteiger partial charge in [-0.2, -0.15) is 5.26 Å². The molecule has 0 aliphatic rings. The number of halogens is 1. The molecule has 6 heteroatoms. The highest BCUT2D eigenvalue weighted by Crippen LogP contribution is 2.13. The van der Waals surface area contributed by atoms with Crippen LogP contribution >= 0.6 is 0 Å². The van der Waals surface area contributed by atoms with Gasteiger partial charge in [0, 0.05) is 18.8 Å². The third-order valence-corrected chi connectivity index (χ3v) is 2.05. The van der Waals surface area contributed by atoms with Crippen molar-refractivity contribution in [1.29, 1.82) is 5.26 Å². The number of carbonyl (C=O) groups is 1. The van der Waals surface area contributed by atoms with Crippen molar-refractivity contribution in [3.8, 4) is 6.07 Å². The van der Waals surface area contributed by atoms with Crippen LogP contribution in [0.5, 0.6) is 0 Å². The lowest BCUT2D eigenvalue weighted by atomic mass is 10.2. The van der Waals surface area contributed by atoms with E-state index in [1.54, 1.807) is 12.1 Å². The second kappa shape index (κ2) is 6.33. The van der Waals surface area contributed by atoms with E-state index in [9.17, 15) is 9.18 Å². The van der Waals surface area contributed by atoms with Crippen molar-refractivity contribution >= 4 is 11.8 Å². The molecule has 1 amide bonds. The minimum atomic E-state index is -1.06. The van der Waals surface area contributed by atoms with Gasteiger partial charge in [0.1, 0.15) is 11.9 Å². The molecule has 0 aromatic heterocycles. The molecule has 3 N–H and O–H groups in total. The lowest BCUT2D eigenvalue weighted by molar-refractivity contribution is 0.194. The Morgan fingerprint density at radius 3 is 2.82 bits per heavy atom. The fourth-order valence-corrected chi connectivity index (χ4v) is 1.23. The monoisotopic (exact) mass is 237 g/mol. The van der Waals surface area contributed by atoms with E-state index in [1.165, 1.54) is 12.1 Å². The van der Waals surface area contributed by atoms with Crippen LogP contribution in [0.4, 0.5) is 14.9 Å². The second-order valence-corrected chi connectivity index (χ2v) is 3.32. The van der Waals surface area contributed by atoms with Crippen LogP contribution in [0.3, 0.4) is 0 Å². The quantitative estimate of drug-likeness (QED) is 0.681. The first kappa shape index (κ1) is 12.8. The number of nitriles is 1. The number of anilines is 1. The fourth-order valence-electron chi connectivity index (χ4n) is 1.23. The van der Waals surface area contributed by atoms with Crippen molar-refractivity contribution in [1.82, 2.24) is 5.32 Å². The normalized spacial score (nSPS) is 9.41. The number of hydrogen-bond donors (Lipinski definition) is 3. The van der Waals surface area contributed by atoms with Crippen molar-refractivity contribution in [2.45, 2.75) is 6.42 Å². The van der Waals surface area contributed by atoms with Gasteiger partial charge in [0.15, 0.2) is 0 Å². The summed E-state index contributed by atoms with van der Waals surface area (Å²) in [5, 5.41) is 22.0. The summed E-state index contributed by atoms with van der Waals surface area (Å²) in [4.78, 5) is 10.1. The van der Waals surface area contributed by atoms with Crippen molar-refractivity contribution in [3.63, 3.8) is 0 Å². The molecule has 1 aromatic carbocycles. The van der Waals surface area contributed by atoms with Gasteiger partial charge in [-0.25, -0.2) is 9.18 Å². The molecule has 0 aliphatic heterocycles. The number of rotatable bonds is 5. The lowest BCUT2D eigenvalue weighted by Gasteiger charge is -2.06. The van der Waals surface area contributed by atoms with Crippen LogP contribution in [-0.4, -0.2) is 24.3 Å². The summed E-state index contributed by atoms with van der Waals surface area (Å²) in [6.45, 7) is 0.854. The van der Waals surface area contributed by atoms with E-state index in [0.717, 1.165) is 0 Å². The van der Waals surface area contributed by atoms with Gasteiger partial charge in [-0.15, -0.1) is 0 Å². The molecule has 0 saturated carbocycles. The van der Waals surface area contributed by atoms with Crippen LogP contribution < -0.4 is 10.6 Å². The Kier molecular flexibility index (Phi) is 4.76. The van der Waals surface area contributed by atoms with Crippen LogP contribution in [0.2, 0.25) is 0 Å². The van der Waals surface area contributed by atoms with E-state index < -0.39 is 11.9 Å². The molecule has 0 saturated heterocycles. The smallest absolute Gasteiger partial charge is 0.404 e. The molecule has 17 heavy (non-hydrogen) atoms. The van der Waals surface area contributed by atoms with Crippen molar-refractivity contribution in [2.24, 2.45) is 0 Å². The van der Waals surface area contributed by atoms with Gasteiger partial charge in [-0.1, -0.05) is 0 Å². The topological polar surface area (TPSA) is 85.2 Å². The summed E-state index contributed by atoms with van der Waals surface area (Å²) in [6.07, 6.45) is -0.470. The number of benzene rings is 1. The maximum Gasteiger partial charge on any atom is 0.404 e. The highest BCUT2D eigenvalue weighted by Gasteiger charge is 2.01. The van der Waals surface area contributed by atoms with E-state index in [4.69, 9.17) is 10.4 Å². The molecule has 90 valence electrons. The van der Waals surface area contributed by atoms with E-state index in [1.807, 2.05) is 0 Å². The number of amides is 1. The molecule has 0 aliphatic carbocycles. The molecule has 0 bridgehead atoms. The molecule has 0 atom stereocenters. The largest absolute Gasteiger partial charge is 0.465 e. The van der Waals surface area contributed by atoms with Crippen molar-refractivity contribution in [3.05, 3.63) is 29.6 Å². The summed E-state index contributed by atoms with van der Waals surface area (Å²) >= 11 is 0. The van der Waals surface area contributed by atoms with Gasteiger partial charge in [-0.3, -0.25) is 0 Å². The predicted molar refractivity (Wildman–Crippen MR) is 60.2 cm³/mol. The Labute approximate surface area is 97.9 Å². The van der Waals surface area contributed by atoms with Gasteiger partial charge >= 0.3 is 6.09 Å². The average molecular weight is 237 g/mol. The SMILES string of the molecule is N#Cc1ccc(NCCCNC(=O)O)cc1F. The highest BCUT2D eigenvalue weighted by atomic mass is 19.1. The Morgan fingerprint density at radius 2 is 2.24 bits per heavy atom. The number of nitrogens with zero attached hydrogens (tertiary/aromatic N) is 1. The van der Waals surface area contributed by atoms with Crippen LogP contribution in [-0.2, 0) is 0 Å². The molecular weight excluding hydrogens is 225 g/mol. The van der Waals surface area contributed by atoms with Crippen LogP contribution in [0.25, 0.3) is 0 Å². The second-order valence-electron chi connectivity index (χ2n) is 3.32. The summed E-state index contributed by atoms with van der Waals surface area (Å²) < 4.78 is 13.2. The predicted octanol–water partition coefficient (Wildman–Crippen LogP) is 1.77. The first-order valence-corrected chi connectivity index (χ1v) is 5.04. The van der Waals surface area contributed by atoms with Crippen LogP contribution in [0.15, 0.2) is 18.2 Å². The molecule has 0 spiro atoms. The van der Waals surface area contributed by atoms with Crippen LogP contribution in [0.1, 0.15) is 12.0 Å². The molecule has 1 rings (SSSR count). The minimum absolute atomic E-state index is 0.00286. The fraction of sp³-hybridized carbons (Fsp3) is 0.273. The van der Waals surface area contributed by atoms with Crippen LogP contribution in [0, 0.1) is 17.1 Å². The van der Waals surface area contributed by atoms with E-state index >= 15 is 0 Å². The summed E-state index contributed by atoms with van der Waals surface area (Å²) in [5.74, 6) is -0.568. The van der Waals surface area contributed by atoms with Gasteiger partial charge < -0.3 is 15.7 Å². The van der Waals surface area contributed by atoms with E-state index in [2.05, 4.69) is 10.6 Å². The summed E-state index contributed by atoms with van der Waals surface area (Å²) in [6, 6.07) is 5.97. The van der Waals surface area contributed by atoms with Crippen molar-refractivity contribution < 1.29 is 14.3 Å². The first-order valence-electron chi connectivity index (χ1n) is 5.04. The van der Waals surface area contributed by atoms with Gasteiger partial charge in [0.2, 0.25) is 0 Å². The zero-order chi connectivity index (χ0) is 12.7. The Bertz CT molecular complexity index is 443. The molecule has 1 aromatic rings. The van der Waals surface area contributed by atoms with E-state index in [-0.39, 0.29) is 5.56 Å². The molecule has 5 nitrogen and oxygen atoms in total. The molecule has 0 heterocycles. The number of nitrogens with one attached hydrogen (secondary N) is 2. The zero-order valence-electron chi connectivity index (χ0n) is 9.03. The lowest BCUT2D eigenvalue weighted by Crippen LogP contribution is -2.23. The maximum atomic E-state index is 13.2. The molecule has 0 fully saturated rings. The first-order chi connectivity index (χ1) is 8.13. The third-order valence-electron chi connectivity index (χ3n) is 2.05. The summed E-state index contributed by atoms with van der Waals surface area (Å²) in [7, 11) is 0. The highest BCUT2D eigenvalue weighted by molar-refractivity contribution is 5.64. The Hall–Kier alpha value is -2.29. The molecular formula is C11H12FN3O2. The van der Waals surface area contributed by atoms with E-state index in [0.29, 0.717) is 25.2 Å². The van der Waals surface area contributed by atoms with Gasteiger partial charge in [0.05, 0.1) is 5.56 Å². The molecule has 0 radical (unpaired) electrons. The number of carboxylic acid groups (broad SMARTS) is 1. The standard InChI is InChI=1S/C11H12FN3O2/c12-10-6-9(3-2-8(10)7-13)14-4-1-5-15-11(16)17/h2-3,6,14-15H,1,4-5H2,(H,16,17). The summed E-state index contributed by atoms with van der Waals surface area (Å²) in [5.41, 5.74) is 0.569. The average Bonchev–Trinajstić information content (AvgIpc) is 2.28. The number of hydrogen-bond acceptors (Lipinski definition) is 3. The minimum Gasteiger partial charge on any atom is -0.465 e. The van der Waals surface area contributed by atoms with Gasteiger partial charge in [-0.05, 0) is 24.6 Å². The zero-order valence-corrected chi connectivity index (χ0v) is 9.03. The maximum absolute atomic E-state index is 13.2. The van der Waals surface area contributed by atoms with Crippen molar-refractivity contribution in [2.75, 3.05) is 18.4 Å². The van der Waals surface area contributed by atoms with Gasteiger partial charge in [0.25, 0.3) is 0 Å². The molecule has 0 unspecified atom stereocenters.